The maximum absolute atomic E-state index is 12.7. The molecule has 1 aliphatic heterocycles. The highest BCUT2D eigenvalue weighted by Crippen LogP contribution is 2.28. The van der Waals surface area contributed by atoms with Crippen molar-refractivity contribution >= 4 is 11.7 Å². The van der Waals surface area contributed by atoms with Crippen molar-refractivity contribution in [3.8, 4) is 6.07 Å². The van der Waals surface area contributed by atoms with Crippen LogP contribution in [0.5, 0.6) is 0 Å². The Balaban J connectivity index is 1.72. The van der Waals surface area contributed by atoms with Gasteiger partial charge in [-0.25, -0.2) is 4.98 Å². The number of halogens is 3. The van der Waals surface area contributed by atoms with Gasteiger partial charge in [-0.1, -0.05) is 6.92 Å². The van der Waals surface area contributed by atoms with Gasteiger partial charge in [-0.15, -0.1) is 0 Å². The van der Waals surface area contributed by atoms with E-state index >= 15 is 0 Å². The van der Waals surface area contributed by atoms with Crippen LogP contribution in [-0.2, 0) is 25.2 Å². The molecule has 4 N–H and O–H groups in total. The van der Waals surface area contributed by atoms with E-state index in [1.54, 1.807) is 0 Å². The summed E-state index contributed by atoms with van der Waals surface area (Å²) in [5.41, 5.74) is -1.22. The molecule has 0 aromatic carbocycles. The molecule has 1 amide bonds. The molecule has 190 valence electrons. The van der Waals surface area contributed by atoms with Crippen LogP contribution in [0, 0.1) is 12.0 Å². The fourth-order valence-corrected chi connectivity index (χ4v) is 2.84. The van der Waals surface area contributed by atoms with Gasteiger partial charge in [0.1, 0.15) is 37.0 Å². The van der Waals surface area contributed by atoms with Crippen LogP contribution in [0.4, 0.5) is 19.0 Å². The topological polar surface area (TPSA) is 139 Å². The molecule has 1 fully saturated rings. The summed E-state index contributed by atoms with van der Waals surface area (Å²) in [4.78, 5) is 22.3. The molecule has 0 radical (unpaired) electrons. The Labute approximate surface area is 194 Å². The number of hydrogen-bond acceptors (Lipinski definition) is 9. The smallest absolute Gasteiger partial charge is 0.389 e. The second kappa shape index (κ2) is 14.1. The quantitative estimate of drug-likeness (QED) is 0.313. The van der Waals surface area contributed by atoms with Crippen LogP contribution < -0.4 is 10.6 Å². The van der Waals surface area contributed by atoms with E-state index in [0.717, 1.165) is 19.3 Å². The van der Waals surface area contributed by atoms with Gasteiger partial charge in [0.15, 0.2) is 6.07 Å². The van der Waals surface area contributed by atoms with Gasteiger partial charge in [0.2, 0.25) is 5.91 Å². The molecule has 1 saturated heterocycles. The van der Waals surface area contributed by atoms with E-state index in [0.29, 0.717) is 19.4 Å². The minimum absolute atomic E-state index is 0.0808. The fourth-order valence-electron chi connectivity index (χ4n) is 2.84. The third-order valence-electron chi connectivity index (χ3n) is 4.67. The first-order chi connectivity index (χ1) is 16.2. The van der Waals surface area contributed by atoms with Crippen molar-refractivity contribution in [2.24, 2.45) is 5.92 Å². The van der Waals surface area contributed by atoms with E-state index in [2.05, 4.69) is 31.5 Å². The number of aliphatic hydroxyl groups excluding tert-OH is 2. The lowest BCUT2D eigenvalue weighted by Gasteiger charge is -2.34. The number of alkyl halides is 3. The van der Waals surface area contributed by atoms with Crippen molar-refractivity contribution in [3.63, 3.8) is 0 Å². The largest absolute Gasteiger partial charge is 0.459 e. The standard InChI is InChI=1S/C20H28F3N5O6/c1-2-24-3-4-32-5-6-33-12-17(29)27-8-14-19(31)18(30)13(11-34-14)7-26-16-10-25-9-15(28-16)20(21,22)23/h9-10,13-14,18-19,24,30-31H,2-6,8,11-12H2,1H3/p+1/t13?,14-,18-,19+/m1/s1. The molecule has 2 rings (SSSR count). The molecular weight excluding hydrogens is 463 g/mol. The first-order valence-corrected chi connectivity index (χ1v) is 10.7. The monoisotopic (exact) mass is 492 g/mol. The maximum atomic E-state index is 12.7. The second-order valence-corrected chi connectivity index (χ2v) is 7.28. The van der Waals surface area contributed by atoms with E-state index in [9.17, 15) is 28.2 Å². The average Bonchev–Trinajstić information content (AvgIpc) is 2.80. The van der Waals surface area contributed by atoms with Gasteiger partial charge in [-0.2, -0.15) is 18.0 Å². The second-order valence-electron chi connectivity index (χ2n) is 7.28. The summed E-state index contributed by atoms with van der Waals surface area (Å²) in [5, 5.41) is 26.2. The van der Waals surface area contributed by atoms with Crippen molar-refractivity contribution in [2.75, 3.05) is 52.7 Å². The first kappa shape index (κ1) is 27.8. The number of hydrogen-bond donors (Lipinski definition) is 4. The predicted molar refractivity (Wildman–Crippen MR) is 112 cm³/mol. The average molecular weight is 492 g/mol. The predicted octanol–water partition coefficient (Wildman–Crippen LogP) is -0.0445. The molecule has 0 spiro atoms. The number of rotatable bonds is 11. The summed E-state index contributed by atoms with van der Waals surface area (Å²) < 4.78 is 54.1. The third kappa shape index (κ3) is 9.45. The number of nitrogens with one attached hydrogen (secondary N) is 2. The summed E-state index contributed by atoms with van der Waals surface area (Å²) in [5.74, 6) is -1.71. The number of ether oxygens (including phenoxy) is 3. The summed E-state index contributed by atoms with van der Waals surface area (Å²) in [6.07, 6.45) is -6.77. The molecule has 2 heterocycles. The molecule has 0 saturated carbocycles. The van der Waals surface area contributed by atoms with Gasteiger partial charge in [0.25, 0.3) is 5.69 Å². The van der Waals surface area contributed by atoms with Crippen molar-refractivity contribution in [1.29, 1.82) is 0 Å². The van der Waals surface area contributed by atoms with Gasteiger partial charge < -0.3 is 35.1 Å². The van der Waals surface area contributed by atoms with Crippen molar-refractivity contribution < 1.29 is 42.4 Å². The van der Waals surface area contributed by atoms with Crippen LogP contribution >= 0.6 is 0 Å². The van der Waals surface area contributed by atoms with E-state index in [-0.39, 0.29) is 32.2 Å². The molecule has 34 heavy (non-hydrogen) atoms. The van der Waals surface area contributed by atoms with Crippen molar-refractivity contribution in [3.05, 3.63) is 22.9 Å². The van der Waals surface area contributed by atoms with Crippen molar-refractivity contribution in [1.82, 2.24) is 20.6 Å². The highest BCUT2D eigenvalue weighted by molar-refractivity contribution is 5.77. The minimum Gasteiger partial charge on any atom is -0.389 e. The Bertz CT molecular complexity index is 835. The third-order valence-corrected chi connectivity index (χ3v) is 4.67. The van der Waals surface area contributed by atoms with Gasteiger partial charge in [-0.05, 0) is 11.5 Å². The number of carbonyl (C=O) groups excluding carboxylic acids is 1. The van der Waals surface area contributed by atoms with Crippen LogP contribution in [0.1, 0.15) is 12.6 Å². The molecule has 1 aromatic rings. The maximum Gasteiger partial charge on any atom is 0.459 e. The Morgan fingerprint density at radius 1 is 1.26 bits per heavy atom. The molecule has 1 aliphatic rings. The lowest BCUT2D eigenvalue weighted by atomic mass is 9.93. The SMILES string of the molecule is CCNCCOCCOCC(=O)NC[C@H]1OCC(C#[N+]c2cncc(C(F)(F)F)n2)[C@@H](O)[C@H]1O. The van der Waals surface area contributed by atoms with E-state index in [1.807, 2.05) is 6.92 Å². The molecule has 11 nitrogen and oxygen atoms in total. The Kier molecular flexibility index (Phi) is 11.5. The van der Waals surface area contributed by atoms with E-state index in [4.69, 9.17) is 14.2 Å². The molecule has 14 heteroatoms. The molecule has 1 unspecified atom stereocenters. The van der Waals surface area contributed by atoms with Crippen molar-refractivity contribution in [2.45, 2.75) is 31.4 Å². The number of amides is 1. The van der Waals surface area contributed by atoms with Gasteiger partial charge >= 0.3 is 12.0 Å². The van der Waals surface area contributed by atoms with Crippen LogP contribution in [0.2, 0.25) is 0 Å². The molecule has 0 bridgehead atoms. The highest BCUT2D eigenvalue weighted by Gasteiger charge is 2.40. The normalized spacial score (nSPS) is 22.6. The van der Waals surface area contributed by atoms with Gasteiger partial charge in [0, 0.05) is 13.1 Å². The Hall–Kier alpha value is -2.41. The molecule has 1 aromatic heterocycles. The number of aromatic nitrogens is 2. The first-order valence-electron chi connectivity index (χ1n) is 10.7. The lowest BCUT2D eigenvalue weighted by Crippen LogP contribution is -2.53. The zero-order valence-electron chi connectivity index (χ0n) is 18.6. The Morgan fingerprint density at radius 2 is 2.03 bits per heavy atom. The number of likely N-dealkylation sites (N-methyl/N-ethyl adjacent to an activating group) is 1. The zero-order chi connectivity index (χ0) is 25.0. The van der Waals surface area contributed by atoms with Crippen LogP contribution in [0.3, 0.4) is 0 Å². The highest BCUT2D eigenvalue weighted by atomic mass is 19.4. The van der Waals surface area contributed by atoms with Gasteiger partial charge in [-0.3, -0.25) is 4.79 Å². The van der Waals surface area contributed by atoms with E-state index < -0.39 is 42.0 Å². The summed E-state index contributed by atoms with van der Waals surface area (Å²) in [7, 11) is 0. The molecule has 4 atom stereocenters. The Morgan fingerprint density at radius 3 is 2.76 bits per heavy atom. The van der Waals surface area contributed by atoms with Crippen LogP contribution in [0.15, 0.2) is 12.4 Å². The van der Waals surface area contributed by atoms with Crippen LogP contribution in [0.25, 0.3) is 4.85 Å². The zero-order valence-corrected chi connectivity index (χ0v) is 18.6. The fraction of sp³-hybridized carbons (Fsp3) is 0.700. The summed E-state index contributed by atoms with van der Waals surface area (Å²) >= 11 is 0. The summed E-state index contributed by atoms with van der Waals surface area (Å²) in [6.45, 7) is 4.30. The number of carbonyl (C=O) groups is 1. The molecule has 0 aliphatic carbocycles. The number of aliphatic hydroxyl groups is 2. The van der Waals surface area contributed by atoms with E-state index in [1.165, 1.54) is 0 Å². The van der Waals surface area contributed by atoms with Crippen LogP contribution in [-0.4, -0.2) is 97.1 Å². The van der Waals surface area contributed by atoms with Gasteiger partial charge in [0.05, 0.1) is 32.6 Å². The minimum atomic E-state index is -4.68. The molecular formula is C20H29F3N5O6+. The lowest BCUT2D eigenvalue weighted by molar-refractivity contribution is -0.152. The summed E-state index contributed by atoms with van der Waals surface area (Å²) in [6, 6.07) is 2.43. The number of nitrogens with zero attached hydrogens (tertiary/aromatic N) is 3.